The van der Waals surface area contributed by atoms with Gasteiger partial charge in [0.1, 0.15) is 5.75 Å². The van der Waals surface area contributed by atoms with E-state index in [4.69, 9.17) is 0 Å². The largest absolute Gasteiger partial charge is 0.433 e. The maximum Gasteiger partial charge on any atom is 0.387 e. The minimum atomic E-state index is -3.00. The maximum absolute atomic E-state index is 12.9. The number of aromatic nitrogens is 4. The molecule has 0 aliphatic heterocycles. The average Bonchev–Trinajstić information content (AvgIpc) is 3.24. The molecule has 0 spiro atoms. The van der Waals surface area contributed by atoms with Crippen LogP contribution in [0.2, 0.25) is 0 Å². The topological polar surface area (TPSA) is 81.9 Å². The number of nitrogens with zero attached hydrogens (tertiary/aromatic N) is 4. The lowest BCUT2D eigenvalue weighted by atomic mass is 10.2. The van der Waals surface area contributed by atoms with Crippen LogP contribution in [-0.4, -0.2) is 37.5 Å². The normalized spacial score (nSPS) is 11.9. The fraction of sp³-hybridized carbons (Fsp3) is 0.167. The molecule has 0 radical (unpaired) electrons. The number of aryl methyl sites for hydroxylation is 1. The van der Waals surface area contributed by atoms with Crippen molar-refractivity contribution in [1.29, 1.82) is 0 Å². The van der Waals surface area contributed by atoms with Gasteiger partial charge in [0.25, 0.3) is 0 Å². The number of carbonyl (C=O) groups excluding carboxylic acids is 1. The third kappa shape index (κ3) is 5.40. The van der Waals surface area contributed by atoms with Gasteiger partial charge in [-0.15, -0.1) is 10.2 Å². The van der Waals surface area contributed by atoms with E-state index in [0.29, 0.717) is 11.0 Å². The molecule has 4 rings (SSSR count). The van der Waals surface area contributed by atoms with E-state index in [1.807, 2.05) is 47.9 Å². The molecule has 0 bridgehead atoms. The first-order valence-corrected chi connectivity index (χ1v) is 11.2. The maximum atomic E-state index is 12.9. The summed E-state index contributed by atoms with van der Waals surface area (Å²) in [4.78, 5) is 16.9. The Morgan fingerprint density at radius 2 is 1.74 bits per heavy atom. The van der Waals surface area contributed by atoms with Gasteiger partial charge in [0, 0.05) is 23.6 Å². The Morgan fingerprint density at radius 3 is 2.44 bits per heavy atom. The second-order valence-electron chi connectivity index (χ2n) is 7.34. The fourth-order valence-corrected chi connectivity index (χ4v) is 4.04. The van der Waals surface area contributed by atoms with Crippen molar-refractivity contribution in [3.05, 3.63) is 78.6 Å². The number of rotatable bonds is 8. The molecule has 1 amide bonds. The van der Waals surface area contributed by atoms with Crippen molar-refractivity contribution in [3.63, 3.8) is 0 Å². The summed E-state index contributed by atoms with van der Waals surface area (Å²) in [6.07, 6.45) is 3.34. The van der Waals surface area contributed by atoms with Gasteiger partial charge in [-0.3, -0.25) is 14.3 Å². The number of para-hydroxylation sites is 2. The zero-order valence-corrected chi connectivity index (χ0v) is 19.2. The molecular formula is C24H21F2N5O2S. The second-order valence-corrected chi connectivity index (χ2v) is 8.64. The van der Waals surface area contributed by atoms with Gasteiger partial charge < -0.3 is 10.1 Å². The van der Waals surface area contributed by atoms with Crippen LogP contribution in [0.5, 0.6) is 5.75 Å². The summed E-state index contributed by atoms with van der Waals surface area (Å²) in [6.45, 7) is 0.707. The predicted octanol–water partition coefficient (Wildman–Crippen LogP) is 5.36. The van der Waals surface area contributed by atoms with E-state index < -0.39 is 11.9 Å². The third-order valence-corrected chi connectivity index (χ3v) is 5.92. The van der Waals surface area contributed by atoms with Gasteiger partial charge >= 0.3 is 6.61 Å². The van der Waals surface area contributed by atoms with Crippen molar-refractivity contribution in [2.24, 2.45) is 0 Å². The number of alkyl halides is 2. The Kier molecular flexibility index (Phi) is 7.17. The van der Waals surface area contributed by atoms with Gasteiger partial charge in [-0.25, -0.2) is 0 Å². The fourth-order valence-electron chi connectivity index (χ4n) is 3.18. The standard InChI is InChI=1S/C24H21F2N5O2S/c1-15-7-9-18(10-8-15)31-21(17-11-13-27-14-12-17)29-30-24(31)34-16(2)22(32)28-19-5-3-4-6-20(19)33-23(25)26/h3-14,16,23H,1-2H3,(H,28,32). The first kappa shape index (κ1) is 23.4. The molecule has 1 N–H and O–H groups in total. The Morgan fingerprint density at radius 1 is 1.03 bits per heavy atom. The Bertz CT molecular complexity index is 1270. The van der Waals surface area contributed by atoms with E-state index in [0.717, 1.165) is 16.8 Å². The molecule has 0 saturated heterocycles. The zero-order valence-electron chi connectivity index (χ0n) is 18.4. The quantitative estimate of drug-likeness (QED) is 0.341. The summed E-state index contributed by atoms with van der Waals surface area (Å²) >= 11 is 1.20. The molecule has 1 atom stereocenters. The van der Waals surface area contributed by atoms with E-state index in [-0.39, 0.29) is 17.3 Å². The molecule has 4 aromatic rings. The van der Waals surface area contributed by atoms with Gasteiger partial charge in [0.15, 0.2) is 11.0 Å². The summed E-state index contributed by atoms with van der Waals surface area (Å²) in [5.41, 5.74) is 2.94. The number of carbonyl (C=O) groups is 1. The second kappa shape index (κ2) is 10.4. The van der Waals surface area contributed by atoms with Crippen molar-refractivity contribution in [2.75, 3.05) is 5.32 Å². The van der Waals surface area contributed by atoms with Crippen LogP contribution in [0.3, 0.4) is 0 Å². The number of nitrogens with one attached hydrogen (secondary N) is 1. The monoisotopic (exact) mass is 481 g/mol. The SMILES string of the molecule is Cc1ccc(-n2c(SC(C)C(=O)Nc3ccccc3OC(F)F)nnc2-c2ccncc2)cc1. The van der Waals surface area contributed by atoms with E-state index in [1.165, 1.54) is 23.9 Å². The number of anilines is 1. The van der Waals surface area contributed by atoms with Crippen LogP contribution in [0.4, 0.5) is 14.5 Å². The van der Waals surface area contributed by atoms with Crippen LogP contribution < -0.4 is 10.1 Å². The van der Waals surface area contributed by atoms with E-state index in [2.05, 4.69) is 25.2 Å². The molecule has 2 aromatic heterocycles. The number of ether oxygens (including phenoxy) is 1. The minimum absolute atomic E-state index is 0.106. The molecule has 0 aliphatic rings. The first-order valence-electron chi connectivity index (χ1n) is 10.4. The van der Waals surface area contributed by atoms with Crippen molar-refractivity contribution in [3.8, 4) is 22.8 Å². The van der Waals surface area contributed by atoms with Crippen molar-refractivity contribution >= 4 is 23.4 Å². The van der Waals surface area contributed by atoms with E-state index in [1.54, 1.807) is 31.5 Å². The van der Waals surface area contributed by atoms with E-state index in [9.17, 15) is 13.6 Å². The molecule has 7 nitrogen and oxygen atoms in total. The summed E-state index contributed by atoms with van der Waals surface area (Å²) in [5, 5.41) is 11.2. The highest BCUT2D eigenvalue weighted by Crippen LogP contribution is 2.31. The summed E-state index contributed by atoms with van der Waals surface area (Å²) in [6, 6.07) is 17.6. The summed E-state index contributed by atoms with van der Waals surface area (Å²) in [7, 11) is 0. The van der Waals surface area contributed by atoms with Gasteiger partial charge in [-0.1, -0.05) is 41.6 Å². The molecule has 10 heteroatoms. The number of hydrogen-bond donors (Lipinski definition) is 1. The zero-order chi connectivity index (χ0) is 24.1. The highest BCUT2D eigenvalue weighted by Gasteiger charge is 2.23. The third-order valence-electron chi connectivity index (χ3n) is 4.88. The molecule has 0 saturated carbocycles. The van der Waals surface area contributed by atoms with Crippen molar-refractivity contribution in [2.45, 2.75) is 30.9 Å². The van der Waals surface area contributed by atoms with Crippen LogP contribution in [-0.2, 0) is 4.79 Å². The van der Waals surface area contributed by atoms with Crippen LogP contribution in [0.15, 0.2) is 78.2 Å². The molecule has 2 aromatic carbocycles. The molecule has 34 heavy (non-hydrogen) atoms. The lowest BCUT2D eigenvalue weighted by Gasteiger charge is -2.16. The van der Waals surface area contributed by atoms with Crippen LogP contribution in [0.1, 0.15) is 12.5 Å². The molecular weight excluding hydrogens is 460 g/mol. The number of hydrogen-bond acceptors (Lipinski definition) is 6. The summed E-state index contributed by atoms with van der Waals surface area (Å²) in [5.74, 6) is 0.113. The molecule has 0 fully saturated rings. The summed E-state index contributed by atoms with van der Waals surface area (Å²) < 4.78 is 31.8. The molecule has 0 aliphatic carbocycles. The number of benzene rings is 2. The molecule has 2 heterocycles. The average molecular weight is 482 g/mol. The van der Waals surface area contributed by atoms with Gasteiger partial charge in [0.05, 0.1) is 10.9 Å². The van der Waals surface area contributed by atoms with Crippen LogP contribution in [0.25, 0.3) is 17.1 Å². The van der Waals surface area contributed by atoms with E-state index >= 15 is 0 Å². The lowest BCUT2D eigenvalue weighted by molar-refractivity contribution is -0.115. The minimum Gasteiger partial charge on any atom is -0.433 e. The highest BCUT2D eigenvalue weighted by atomic mass is 32.2. The highest BCUT2D eigenvalue weighted by molar-refractivity contribution is 8.00. The molecule has 1 unspecified atom stereocenters. The first-order chi connectivity index (χ1) is 16.4. The Balaban J connectivity index is 1.61. The van der Waals surface area contributed by atoms with Gasteiger partial charge in [-0.2, -0.15) is 8.78 Å². The smallest absolute Gasteiger partial charge is 0.387 e. The van der Waals surface area contributed by atoms with Crippen LogP contribution in [0, 0.1) is 6.92 Å². The van der Waals surface area contributed by atoms with Gasteiger partial charge in [0.2, 0.25) is 5.91 Å². The van der Waals surface area contributed by atoms with Crippen LogP contribution >= 0.6 is 11.8 Å². The van der Waals surface area contributed by atoms with Crippen molar-refractivity contribution in [1.82, 2.24) is 19.7 Å². The number of pyridine rings is 1. The number of halogens is 2. The van der Waals surface area contributed by atoms with Gasteiger partial charge in [-0.05, 0) is 50.2 Å². The number of amides is 1. The Hall–Kier alpha value is -3.79. The number of thioether (sulfide) groups is 1. The lowest BCUT2D eigenvalue weighted by Crippen LogP contribution is -2.23. The Labute approximate surface area is 199 Å². The predicted molar refractivity (Wildman–Crippen MR) is 126 cm³/mol. The van der Waals surface area contributed by atoms with Crippen molar-refractivity contribution < 1.29 is 18.3 Å². The molecule has 174 valence electrons.